The van der Waals surface area contributed by atoms with Crippen molar-refractivity contribution in [2.24, 2.45) is 11.7 Å². The maximum Gasteiger partial charge on any atom is 0.154 e. The first-order valence-electron chi connectivity index (χ1n) is 7.60. The first-order chi connectivity index (χ1) is 11.2. The fourth-order valence-electron chi connectivity index (χ4n) is 2.24. The van der Waals surface area contributed by atoms with Crippen LogP contribution < -0.4 is 10.5 Å². The van der Waals surface area contributed by atoms with Crippen LogP contribution in [-0.2, 0) is 6.54 Å². The molecular formula is C17H20N4O2. The summed E-state index contributed by atoms with van der Waals surface area (Å²) >= 11 is 0. The van der Waals surface area contributed by atoms with Gasteiger partial charge >= 0.3 is 0 Å². The summed E-state index contributed by atoms with van der Waals surface area (Å²) in [6.45, 7) is 5.23. The standard InChI is InChI=1S/C17H20N4O2/c1-12(2)11-23-14-7-5-13(6-8-14)21-17(15(10-18)19-20-21)16-4-3-9-22-16/h3-9,12H,10-11,18H2,1-2H3. The SMILES string of the molecule is CC(C)COc1ccc(-n2nnc(CN)c2-c2ccco2)cc1. The highest BCUT2D eigenvalue weighted by molar-refractivity contribution is 5.58. The number of nitrogens with two attached hydrogens (primary N) is 1. The topological polar surface area (TPSA) is 79.1 Å². The Labute approximate surface area is 134 Å². The maximum absolute atomic E-state index is 5.76. The highest BCUT2D eigenvalue weighted by atomic mass is 16.5. The summed E-state index contributed by atoms with van der Waals surface area (Å²) in [7, 11) is 0. The minimum absolute atomic E-state index is 0.297. The van der Waals surface area contributed by atoms with Gasteiger partial charge in [-0.3, -0.25) is 0 Å². The van der Waals surface area contributed by atoms with Crippen molar-refractivity contribution in [2.45, 2.75) is 20.4 Å². The Bertz CT molecular complexity index is 746. The van der Waals surface area contributed by atoms with Crippen LogP contribution in [0.3, 0.4) is 0 Å². The third-order valence-electron chi connectivity index (χ3n) is 3.35. The molecule has 2 aromatic heterocycles. The summed E-state index contributed by atoms with van der Waals surface area (Å²) in [5.41, 5.74) is 8.10. The Kier molecular flexibility index (Phi) is 4.43. The number of ether oxygens (including phenoxy) is 1. The van der Waals surface area contributed by atoms with E-state index in [1.54, 1.807) is 10.9 Å². The molecule has 2 N–H and O–H groups in total. The fraction of sp³-hybridized carbons (Fsp3) is 0.294. The van der Waals surface area contributed by atoms with Gasteiger partial charge in [-0.1, -0.05) is 19.1 Å². The summed E-state index contributed by atoms with van der Waals surface area (Å²) in [5, 5.41) is 8.35. The van der Waals surface area contributed by atoms with E-state index in [1.165, 1.54) is 0 Å². The third kappa shape index (κ3) is 3.27. The number of hydrogen-bond acceptors (Lipinski definition) is 5. The molecule has 6 heteroatoms. The fourth-order valence-corrected chi connectivity index (χ4v) is 2.24. The lowest BCUT2D eigenvalue weighted by Gasteiger charge is -2.10. The van der Waals surface area contributed by atoms with Crippen LogP contribution in [0.5, 0.6) is 5.75 Å². The molecule has 0 atom stereocenters. The number of aromatic nitrogens is 3. The van der Waals surface area contributed by atoms with Gasteiger partial charge in [0.1, 0.15) is 17.1 Å². The summed E-state index contributed by atoms with van der Waals surface area (Å²) in [6, 6.07) is 11.4. The average Bonchev–Trinajstić information content (AvgIpc) is 3.21. The van der Waals surface area contributed by atoms with Gasteiger partial charge in [0.2, 0.25) is 0 Å². The minimum atomic E-state index is 0.297. The minimum Gasteiger partial charge on any atom is -0.493 e. The van der Waals surface area contributed by atoms with E-state index in [-0.39, 0.29) is 0 Å². The van der Waals surface area contributed by atoms with E-state index in [1.807, 2.05) is 36.4 Å². The molecule has 0 aliphatic carbocycles. The van der Waals surface area contributed by atoms with Crippen LogP contribution >= 0.6 is 0 Å². The predicted octanol–water partition coefficient (Wildman–Crippen LogP) is 3.02. The molecule has 0 saturated heterocycles. The zero-order valence-electron chi connectivity index (χ0n) is 13.3. The van der Waals surface area contributed by atoms with Gasteiger partial charge in [-0.05, 0) is 42.3 Å². The molecule has 3 rings (SSSR count). The van der Waals surface area contributed by atoms with Crippen LogP contribution in [0, 0.1) is 5.92 Å². The van der Waals surface area contributed by atoms with E-state index in [2.05, 4.69) is 24.2 Å². The molecule has 120 valence electrons. The highest BCUT2D eigenvalue weighted by Gasteiger charge is 2.17. The average molecular weight is 312 g/mol. The van der Waals surface area contributed by atoms with Crippen molar-refractivity contribution in [1.82, 2.24) is 15.0 Å². The van der Waals surface area contributed by atoms with Gasteiger partial charge in [-0.25, -0.2) is 4.68 Å². The van der Waals surface area contributed by atoms with E-state index in [0.717, 1.165) is 17.1 Å². The van der Waals surface area contributed by atoms with E-state index in [4.69, 9.17) is 14.9 Å². The van der Waals surface area contributed by atoms with Crippen LogP contribution in [0.25, 0.3) is 17.1 Å². The van der Waals surface area contributed by atoms with Crippen LogP contribution in [0.4, 0.5) is 0 Å². The zero-order valence-corrected chi connectivity index (χ0v) is 13.3. The number of furan rings is 1. The number of nitrogens with zero attached hydrogens (tertiary/aromatic N) is 3. The van der Waals surface area contributed by atoms with Gasteiger partial charge < -0.3 is 14.9 Å². The Morgan fingerprint density at radius 2 is 2.00 bits per heavy atom. The van der Waals surface area contributed by atoms with E-state index in [0.29, 0.717) is 30.5 Å². The predicted molar refractivity (Wildman–Crippen MR) is 87.3 cm³/mol. The lowest BCUT2D eigenvalue weighted by atomic mass is 10.2. The second-order valence-corrected chi connectivity index (χ2v) is 5.68. The van der Waals surface area contributed by atoms with Crippen LogP contribution in [0.15, 0.2) is 47.1 Å². The van der Waals surface area contributed by atoms with Crippen molar-refractivity contribution < 1.29 is 9.15 Å². The Hall–Kier alpha value is -2.60. The van der Waals surface area contributed by atoms with Gasteiger partial charge in [0.15, 0.2) is 5.76 Å². The second-order valence-electron chi connectivity index (χ2n) is 5.68. The van der Waals surface area contributed by atoms with Gasteiger partial charge in [0, 0.05) is 6.54 Å². The molecule has 0 unspecified atom stereocenters. The largest absolute Gasteiger partial charge is 0.493 e. The number of rotatable bonds is 6. The normalized spacial score (nSPS) is 11.1. The number of hydrogen-bond donors (Lipinski definition) is 1. The Morgan fingerprint density at radius 3 is 2.61 bits per heavy atom. The molecule has 3 aromatic rings. The van der Waals surface area contributed by atoms with Crippen molar-refractivity contribution in [1.29, 1.82) is 0 Å². The molecule has 0 bridgehead atoms. The lowest BCUT2D eigenvalue weighted by molar-refractivity contribution is 0.271. The molecule has 23 heavy (non-hydrogen) atoms. The summed E-state index contributed by atoms with van der Waals surface area (Å²) in [5.74, 6) is 2.01. The molecule has 0 aliphatic rings. The second kappa shape index (κ2) is 6.66. The molecule has 6 nitrogen and oxygen atoms in total. The zero-order chi connectivity index (χ0) is 16.2. The summed E-state index contributed by atoms with van der Waals surface area (Å²) in [4.78, 5) is 0. The smallest absolute Gasteiger partial charge is 0.154 e. The highest BCUT2D eigenvalue weighted by Crippen LogP contribution is 2.26. The van der Waals surface area contributed by atoms with Crippen LogP contribution in [-0.4, -0.2) is 21.6 Å². The molecule has 0 saturated carbocycles. The molecule has 0 fully saturated rings. The molecule has 0 spiro atoms. The van der Waals surface area contributed by atoms with Crippen LogP contribution in [0.1, 0.15) is 19.5 Å². The molecule has 2 heterocycles. The summed E-state index contributed by atoms with van der Waals surface area (Å²) < 4.78 is 12.9. The van der Waals surface area contributed by atoms with Crippen molar-refractivity contribution in [2.75, 3.05) is 6.61 Å². The number of benzene rings is 1. The van der Waals surface area contributed by atoms with E-state index >= 15 is 0 Å². The molecule has 1 aromatic carbocycles. The van der Waals surface area contributed by atoms with E-state index < -0.39 is 0 Å². The quantitative estimate of drug-likeness (QED) is 0.757. The Morgan fingerprint density at radius 1 is 1.22 bits per heavy atom. The van der Waals surface area contributed by atoms with Gasteiger partial charge in [-0.2, -0.15) is 0 Å². The van der Waals surface area contributed by atoms with Crippen molar-refractivity contribution in [3.63, 3.8) is 0 Å². The van der Waals surface area contributed by atoms with Gasteiger partial charge in [-0.15, -0.1) is 5.10 Å². The molecule has 0 aliphatic heterocycles. The lowest BCUT2D eigenvalue weighted by Crippen LogP contribution is -2.05. The molecular weight excluding hydrogens is 292 g/mol. The first kappa shape index (κ1) is 15.3. The Balaban J connectivity index is 1.92. The van der Waals surface area contributed by atoms with Crippen molar-refractivity contribution >= 4 is 0 Å². The maximum atomic E-state index is 5.76. The van der Waals surface area contributed by atoms with Gasteiger partial charge in [0.25, 0.3) is 0 Å². The third-order valence-corrected chi connectivity index (χ3v) is 3.35. The monoisotopic (exact) mass is 312 g/mol. The van der Waals surface area contributed by atoms with E-state index in [9.17, 15) is 0 Å². The molecule has 0 radical (unpaired) electrons. The first-order valence-corrected chi connectivity index (χ1v) is 7.60. The summed E-state index contributed by atoms with van der Waals surface area (Å²) in [6.07, 6.45) is 1.62. The van der Waals surface area contributed by atoms with Crippen molar-refractivity contribution in [3.05, 3.63) is 48.4 Å². The van der Waals surface area contributed by atoms with Gasteiger partial charge in [0.05, 0.1) is 18.6 Å². The van der Waals surface area contributed by atoms with Crippen LogP contribution in [0.2, 0.25) is 0 Å². The van der Waals surface area contributed by atoms with Crippen molar-refractivity contribution in [3.8, 4) is 22.9 Å². The molecule has 0 amide bonds.